The number of rotatable bonds is 14. The topological polar surface area (TPSA) is 68.0 Å². The SMILES string of the molecule is CCCCCCN(CCN)[C@@H]1C[C@H](OCc2ccccc2)C[C@@H](OCc2ccccc2)[C@H]1O. The number of unbranched alkanes of at least 4 members (excludes halogenated alkanes) is 3. The standard InChI is InChI=1S/C28H42N2O3/c1-2-3-4-11-17-30(18-16-29)26-19-25(32-21-23-12-7-5-8-13-23)20-27(28(26)31)33-22-24-14-9-6-10-15-24/h5-10,12-15,25-28,31H,2-4,11,16-22,29H2,1H3/t25-,26+,27+,28-/m0/s1. The Morgan fingerprint density at radius 2 is 1.48 bits per heavy atom. The lowest BCUT2D eigenvalue weighted by Gasteiger charge is -2.44. The zero-order valence-corrected chi connectivity index (χ0v) is 20.1. The van der Waals surface area contributed by atoms with E-state index in [1.807, 2.05) is 36.4 Å². The van der Waals surface area contributed by atoms with Crippen molar-refractivity contribution in [2.45, 2.75) is 83.0 Å². The molecule has 33 heavy (non-hydrogen) atoms. The van der Waals surface area contributed by atoms with E-state index in [9.17, 15) is 5.11 Å². The Morgan fingerprint density at radius 3 is 2.09 bits per heavy atom. The van der Waals surface area contributed by atoms with Crippen LogP contribution in [0.4, 0.5) is 0 Å². The molecule has 1 fully saturated rings. The van der Waals surface area contributed by atoms with Crippen LogP contribution < -0.4 is 5.73 Å². The van der Waals surface area contributed by atoms with Crippen LogP contribution in [0.1, 0.15) is 56.6 Å². The number of nitrogens with two attached hydrogens (primary N) is 1. The van der Waals surface area contributed by atoms with Gasteiger partial charge in [0.2, 0.25) is 0 Å². The minimum absolute atomic E-state index is 0.00882. The van der Waals surface area contributed by atoms with Gasteiger partial charge in [0.1, 0.15) is 0 Å². The lowest BCUT2D eigenvalue weighted by atomic mass is 9.86. The highest BCUT2D eigenvalue weighted by Gasteiger charge is 2.40. The van der Waals surface area contributed by atoms with Gasteiger partial charge >= 0.3 is 0 Å². The molecule has 0 spiro atoms. The molecule has 1 aliphatic rings. The van der Waals surface area contributed by atoms with E-state index in [4.69, 9.17) is 15.2 Å². The second-order valence-corrected chi connectivity index (χ2v) is 9.17. The minimum atomic E-state index is -0.553. The van der Waals surface area contributed by atoms with Gasteiger partial charge in [0, 0.05) is 25.6 Å². The molecule has 0 radical (unpaired) electrons. The van der Waals surface area contributed by atoms with Crippen molar-refractivity contribution in [3.63, 3.8) is 0 Å². The smallest absolute Gasteiger partial charge is 0.0958 e. The maximum Gasteiger partial charge on any atom is 0.0958 e. The molecule has 1 aliphatic carbocycles. The van der Waals surface area contributed by atoms with E-state index in [1.165, 1.54) is 24.8 Å². The van der Waals surface area contributed by atoms with Crippen molar-refractivity contribution in [2.24, 2.45) is 5.73 Å². The van der Waals surface area contributed by atoms with Gasteiger partial charge in [-0.3, -0.25) is 4.90 Å². The number of hydrogen-bond acceptors (Lipinski definition) is 5. The number of benzene rings is 2. The highest BCUT2D eigenvalue weighted by molar-refractivity contribution is 5.14. The Balaban J connectivity index is 1.67. The average Bonchev–Trinajstić information content (AvgIpc) is 2.86. The Bertz CT molecular complexity index is 758. The van der Waals surface area contributed by atoms with Crippen molar-refractivity contribution in [3.05, 3.63) is 71.8 Å². The quantitative estimate of drug-likeness (QED) is 0.411. The molecule has 0 amide bonds. The minimum Gasteiger partial charge on any atom is -0.389 e. The molecule has 0 aliphatic heterocycles. The molecule has 2 aromatic rings. The van der Waals surface area contributed by atoms with Crippen molar-refractivity contribution in [3.8, 4) is 0 Å². The van der Waals surface area contributed by atoms with Gasteiger partial charge in [-0.25, -0.2) is 0 Å². The molecule has 3 N–H and O–H groups in total. The van der Waals surface area contributed by atoms with E-state index in [0.717, 1.165) is 31.5 Å². The van der Waals surface area contributed by atoms with Crippen LogP contribution in [0.2, 0.25) is 0 Å². The zero-order valence-electron chi connectivity index (χ0n) is 20.1. The molecule has 0 aromatic heterocycles. The number of nitrogens with zero attached hydrogens (tertiary/aromatic N) is 1. The molecule has 0 bridgehead atoms. The van der Waals surface area contributed by atoms with Crippen molar-refractivity contribution in [1.82, 2.24) is 4.90 Å². The predicted octanol–water partition coefficient (Wildman–Crippen LogP) is 4.52. The Morgan fingerprint density at radius 1 is 0.848 bits per heavy atom. The number of ether oxygens (including phenoxy) is 2. The van der Waals surface area contributed by atoms with Crippen molar-refractivity contribution in [2.75, 3.05) is 19.6 Å². The van der Waals surface area contributed by atoms with E-state index in [0.29, 0.717) is 26.2 Å². The van der Waals surface area contributed by atoms with Gasteiger partial charge in [0.25, 0.3) is 0 Å². The van der Waals surface area contributed by atoms with Gasteiger partial charge < -0.3 is 20.3 Å². The van der Waals surface area contributed by atoms with E-state index >= 15 is 0 Å². The highest BCUT2D eigenvalue weighted by atomic mass is 16.5. The number of hydrogen-bond donors (Lipinski definition) is 2. The molecule has 2 aromatic carbocycles. The fourth-order valence-corrected chi connectivity index (χ4v) is 4.74. The van der Waals surface area contributed by atoms with Crippen molar-refractivity contribution >= 4 is 0 Å². The molecule has 0 unspecified atom stereocenters. The Kier molecular flexibility index (Phi) is 11.4. The van der Waals surface area contributed by atoms with Crippen LogP contribution in [0, 0.1) is 0 Å². The van der Waals surface area contributed by atoms with Gasteiger partial charge in [-0.2, -0.15) is 0 Å². The summed E-state index contributed by atoms with van der Waals surface area (Å²) >= 11 is 0. The van der Waals surface area contributed by atoms with E-state index < -0.39 is 6.10 Å². The zero-order chi connectivity index (χ0) is 23.3. The summed E-state index contributed by atoms with van der Waals surface area (Å²) in [5, 5.41) is 11.3. The molecule has 0 saturated heterocycles. The van der Waals surface area contributed by atoms with Gasteiger partial charge in [-0.1, -0.05) is 86.8 Å². The highest BCUT2D eigenvalue weighted by Crippen LogP contribution is 2.30. The fourth-order valence-electron chi connectivity index (χ4n) is 4.74. The van der Waals surface area contributed by atoms with Crippen molar-refractivity contribution < 1.29 is 14.6 Å². The first-order valence-corrected chi connectivity index (χ1v) is 12.6. The third-order valence-corrected chi connectivity index (χ3v) is 6.59. The average molecular weight is 455 g/mol. The van der Waals surface area contributed by atoms with Crippen LogP contribution in [0.5, 0.6) is 0 Å². The molecule has 182 valence electrons. The molecule has 5 heteroatoms. The number of aliphatic hydroxyl groups excluding tert-OH is 1. The van der Waals surface area contributed by atoms with Gasteiger partial charge in [0.15, 0.2) is 0 Å². The molecule has 0 heterocycles. The summed E-state index contributed by atoms with van der Waals surface area (Å²) < 4.78 is 12.6. The summed E-state index contributed by atoms with van der Waals surface area (Å²) in [4.78, 5) is 2.37. The van der Waals surface area contributed by atoms with Crippen LogP contribution >= 0.6 is 0 Å². The van der Waals surface area contributed by atoms with Gasteiger partial charge in [-0.05, 0) is 30.5 Å². The summed E-state index contributed by atoms with van der Waals surface area (Å²) in [7, 11) is 0. The summed E-state index contributed by atoms with van der Waals surface area (Å²) in [6, 6.07) is 20.4. The maximum atomic E-state index is 11.3. The monoisotopic (exact) mass is 454 g/mol. The first-order valence-electron chi connectivity index (χ1n) is 12.6. The first-order chi connectivity index (χ1) is 16.2. The molecular formula is C28H42N2O3. The summed E-state index contributed by atoms with van der Waals surface area (Å²) in [5.74, 6) is 0. The maximum absolute atomic E-state index is 11.3. The first kappa shape index (κ1) is 25.9. The molecular weight excluding hydrogens is 412 g/mol. The lowest BCUT2D eigenvalue weighted by Crippen LogP contribution is -2.56. The van der Waals surface area contributed by atoms with Crippen LogP contribution in [-0.4, -0.2) is 54.0 Å². The predicted molar refractivity (Wildman–Crippen MR) is 134 cm³/mol. The third kappa shape index (κ3) is 8.51. The summed E-state index contributed by atoms with van der Waals surface area (Å²) in [6.07, 6.45) is 5.52. The third-order valence-electron chi connectivity index (χ3n) is 6.59. The van der Waals surface area contributed by atoms with Gasteiger partial charge in [0.05, 0.1) is 31.5 Å². The fraction of sp³-hybridized carbons (Fsp3) is 0.571. The summed E-state index contributed by atoms with van der Waals surface area (Å²) in [6.45, 7) is 5.62. The van der Waals surface area contributed by atoms with Crippen LogP contribution in [0.25, 0.3) is 0 Å². The second kappa shape index (κ2) is 14.5. The number of aliphatic hydroxyl groups is 1. The largest absolute Gasteiger partial charge is 0.389 e. The van der Waals surface area contributed by atoms with E-state index in [1.54, 1.807) is 0 Å². The lowest BCUT2D eigenvalue weighted by molar-refractivity contribution is -0.143. The second-order valence-electron chi connectivity index (χ2n) is 9.17. The van der Waals surface area contributed by atoms with E-state index in [-0.39, 0.29) is 18.2 Å². The summed E-state index contributed by atoms with van der Waals surface area (Å²) in [5.41, 5.74) is 8.25. The molecule has 4 atom stereocenters. The van der Waals surface area contributed by atoms with Crippen LogP contribution in [0.15, 0.2) is 60.7 Å². The van der Waals surface area contributed by atoms with E-state index in [2.05, 4.69) is 36.1 Å². The van der Waals surface area contributed by atoms with Gasteiger partial charge in [-0.15, -0.1) is 0 Å². The molecule has 3 rings (SSSR count). The van der Waals surface area contributed by atoms with Crippen LogP contribution in [-0.2, 0) is 22.7 Å². The molecule has 5 nitrogen and oxygen atoms in total. The van der Waals surface area contributed by atoms with Crippen molar-refractivity contribution in [1.29, 1.82) is 0 Å². The Labute approximate surface area is 199 Å². The Hall–Kier alpha value is -1.76. The normalized spacial score (nSPS) is 23.2. The van der Waals surface area contributed by atoms with Crippen LogP contribution in [0.3, 0.4) is 0 Å². The molecule has 1 saturated carbocycles.